The maximum atomic E-state index is 13.6. The fraction of sp³-hybridized carbons (Fsp3) is 0.500. The number of aromatic nitrogens is 2. The van der Waals surface area contributed by atoms with Crippen LogP contribution >= 0.6 is 0 Å². The van der Waals surface area contributed by atoms with Gasteiger partial charge in [-0.15, -0.1) is 0 Å². The van der Waals surface area contributed by atoms with Gasteiger partial charge in [-0.3, -0.25) is 0 Å². The van der Waals surface area contributed by atoms with E-state index in [4.69, 9.17) is 0 Å². The minimum atomic E-state index is -0.594. The maximum Gasteiger partial charge on any atom is 0.153 e. The highest BCUT2D eigenvalue weighted by Gasteiger charge is 2.37. The third kappa shape index (κ3) is 1.71. The van der Waals surface area contributed by atoms with Crippen molar-refractivity contribution in [1.29, 1.82) is 0 Å². The average molecular weight is 250 g/mol. The fourth-order valence-corrected chi connectivity index (χ4v) is 3.06. The van der Waals surface area contributed by atoms with Crippen molar-refractivity contribution in [3.05, 3.63) is 29.6 Å². The monoisotopic (exact) mass is 250 g/mol. The van der Waals surface area contributed by atoms with Gasteiger partial charge in [-0.2, -0.15) is 0 Å². The normalized spacial score (nSPS) is 22.8. The molecule has 1 unspecified atom stereocenters. The van der Waals surface area contributed by atoms with Crippen molar-refractivity contribution in [2.24, 2.45) is 5.41 Å². The second-order valence-electron chi connectivity index (χ2n) is 5.84. The molecule has 0 saturated heterocycles. The predicted molar refractivity (Wildman–Crippen MR) is 66.4 cm³/mol. The zero-order valence-electron chi connectivity index (χ0n) is 10.6. The molecule has 1 atom stereocenters. The molecule has 1 saturated carbocycles. The molecule has 0 amide bonds. The lowest BCUT2D eigenvalue weighted by Gasteiger charge is -2.24. The Balaban J connectivity index is 2.11. The van der Waals surface area contributed by atoms with E-state index in [1.54, 1.807) is 0 Å². The lowest BCUT2D eigenvalue weighted by Crippen LogP contribution is -2.16. The van der Waals surface area contributed by atoms with E-state index in [1.807, 2.05) is 0 Å². The van der Waals surface area contributed by atoms with Crippen molar-refractivity contribution in [2.45, 2.75) is 39.0 Å². The van der Waals surface area contributed by atoms with Crippen LogP contribution in [0.5, 0.6) is 0 Å². The quantitative estimate of drug-likeness (QED) is 0.809. The first-order chi connectivity index (χ1) is 8.47. The minimum Gasteiger partial charge on any atom is -0.342 e. The molecule has 1 aliphatic carbocycles. The van der Waals surface area contributed by atoms with Crippen molar-refractivity contribution < 1.29 is 8.78 Å². The molecular formula is C14H16F2N2. The third-order valence-corrected chi connectivity index (χ3v) is 4.11. The number of halogens is 2. The number of imidazole rings is 1. The van der Waals surface area contributed by atoms with Crippen LogP contribution in [0.1, 0.15) is 44.9 Å². The standard InChI is InChI=1S/C14H16F2N2/c1-14(2)5-3-4-9(14)13-17-11-7-8(15)6-10(16)12(11)18-13/h6-7,9H,3-5H2,1-2H3,(H,17,18). The summed E-state index contributed by atoms with van der Waals surface area (Å²) < 4.78 is 26.8. The zero-order valence-corrected chi connectivity index (χ0v) is 10.6. The van der Waals surface area contributed by atoms with Crippen LogP contribution in [0.4, 0.5) is 8.78 Å². The van der Waals surface area contributed by atoms with Gasteiger partial charge in [-0.1, -0.05) is 20.3 Å². The first kappa shape index (κ1) is 11.6. The molecule has 1 fully saturated rings. The molecule has 2 nitrogen and oxygen atoms in total. The minimum absolute atomic E-state index is 0.170. The van der Waals surface area contributed by atoms with Gasteiger partial charge in [0.2, 0.25) is 0 Å². The highest BCUT2D eigenvalue weighted by molar-refractivity contribution is 5.75. The lowest BCUT2D eigenvalue weighted by atomic mass is 9.81. The maximum absolute atomic E-state index is 13.6. The predicted octanol–water partition coefficient (Wildman–Crippen LogP) is 4.13. The largest absolute Gasteiger partial charge is 0.342 e. The van der Waals surface area contributed by atoms with E-state index in [1.165, 1.54) is 6.07 Å². The molecule has 18 heavy (non-hydrogen) atoms. The van der Waals surface area contributed by atoms with Crippen LogP contribution in [-0.4, -0.2) is 9.97 Å². The first-order valence-corrected chi connectivity index (χ1v) is 6.32. The molecule has 1 heterocycles. The van der Waals surface area contributed by atoms with Gasteiger partial charge in [0.15, 0.2) is 5.82 Å². The van der Waals surface area contributed by atoms with Crippen molar-refractivity contribution in [1.82, 2.24) is 9.97 Å². The van der Waals surface area contributed by atoms with Crippen molar-refractivity contribution in [3.63, 3.8) is 0 Å². The molecule has 1 aromatic heterocycles. The van der Waals surface area contributed by atoms with E-state index in [0.29, 0.717) is 11.4 Å². The average Bonchev–Trinajstić information content (AvgIpc) is 2.80. The van der Waals surface area contributed by atoms with Crippen LogP contribution in [0.25, 0.3) is 11.0 Å². The van der Waals surface area contributed by atoms with Crippen molar-refractivity contribution >= 4 is 11.0 Å². The van der Waals surface area contributed by atoms with E-state index in [2.05, 4.69) is 23.8 Å². The number of fused-ring (bicyclic) bond motifs is 1. The molecule has 0 radical (unpaired) electrons. The zero-order chi connectivity index (χ0) is 12.9. The Morgan fingerprint density at radius 1 is 1.33 bits per heavy atom. The van der Waals surface area contributed by atoms with Crippen LogP contribution in [0.2, 0.25) is 0 Å². The number of nitrogens with one attached hydrogen (secondary N) is 1. The smallest absolute Gasteiger partial charge is 0.153 e. The summed E-state index contributed by atoms with van der Waals surface area (Å²) in [5.41, 5.74) is 0.863. The van der Waals surface area contributed by atoms with E-state index in [0.717, 1.165) is 31.2 Å². The van der Waals surface area contributed by atoms with Gasteiger partial charge in [0.1, 0.15) is 17.2 Å². The summed E-state index contributed by atoms with van der Waals surface area (Å²) in [5.74, 6) is -0.0754. The van der Waals surface area contributed by atoms with Gasteiger partial charge in [0.05, 0.1) is 5.52 Å². The van der Waals surface area contributed by atoms with Crippen LogP contribution in [0.15, 0.2) is 12.1 Å². The number of nitrogens with zero attached hydrogens (tertiary/aromatic N) is 1. The number of aromatic amines is 1. The van der Waals surface area contributed by atoms with Gasteiger partial charge in [-0.25, -0.2) is 13.8 Å². The van der Waals surface area contributed by atoms with Crippen molar-refractivity contribution in [2.75, 3.05) is 0 Å². The van der Waals surface area contributed by atoms with Crippen LogP contribution < -0.4 is 0 Å². The summed E-state index contributed by atoms with van der Waals surface area (Å²) in [7, 11) is 0. The highest BCUT2D eigenvalue weighted by Crippen LogP contribution is 2.48. The van der Waals surface area contributed by atoms with Gasteiger partial charge < -0.3 is 4.98 Å². The van der Waals surface area contributed by atoms with Gasteiger partial charge in [0, 0.05) is 12.0 Å². The van der Waals surface area contributed by atoms with Crippen LogP contribution in [-0.2, 0) is 0 Å². The Hall–Kier alpha value is -1.45. The number of H-pyrrole nitrogens is 1. The molecule has 0 aliphatic heterocycles. The second-order valence-corrected chi connectivity index (χ2v) is 5.84. The SMILES string of the molecule is CC1(C)CCCC1c1nc2c(F)cc(F)cc2[nH]1. The molecule has 4 heteroatoms. The summed E-state index contributed by atoms with van der Waals surface area (Å²) in [5, 5.41) is 0. The summed E-state index contributed by atoms with van der Waals surface area (Å²) in [6.45, 7) is 4.41. The van der Waals surface area contributed by atoms with E-state index < -0.39 is 11.6 Å². The summed E-state index contributed by atoms with van der Waals surface area (Å²) in [6.07, 6.45) is 3.36. The van der Waals surface area contributed by atoms with Gasteiger partial charge >= 0.3 is 0 Å². The molecule has 0 spiro atoms. The van der Waals surface area contributed by atoms with E-state index >= 15 is 0 Å². The Bertz CT molecular complexity index is 601. The lowest BCUT2D eigenvalue weighted by molar-refractivity contribution is 0.323. The summed E-state index contributed by atoms with van der Waals surface area (Å²) in [4.78, 5) is 7.42. The molecular weight excluding hydrogens is 234 g/mol. The Morgan fingerprint density at radius 3 is 2.78 bits per heavy atom. The molecule has 2 aromatic rings. The van der Waals surface area contributed by atoms with Gasteiger partial charge in [0.25, 0.3) is 0 Å². The fourth-order valence-electron chi connectivity index (χ4n) is 3.06. The van der Waals surface area contributed by atoms with E-state index in [-0.39, 0.29) is 10.9 Å². The van der Waals surface area contributed by atoms with Crippen LogP contribution in [0, 0.1) is 17.0 Å². The number of hydrogen-bond donors (Lipinski definition) is 1. The molecule has 1 aliphatic rings. The Morgan fingerprint density at radius 2 is 2.11 bits per heavy atom. The van der Waals surface area contributed by atoms with Gasteiger partial charge in [-0.05, 0) is 24.3 Å². The Labute approximate surface area is 104 Å². The Kier molecular flexibility index (Phi) is 2.44. The third-order valence-electron chi connectivity index (χ3n) is 4.11. The molecule has 96 valence electrons. The first-order valence-electron chi connectivity index (χ1n) is 6.32. The molecule has 3 rings (SSSR count). The summed E-state index contributed by atoms with van der Waals surface area (Å²) >= 11 is 0. The summed E-state index contributed by atoms with van der Waals surface area (Å²) in [6, 6.07) is 2.18. The number of benzene rings is 1. The van der Waals surface area contributed by atoms with E-state index in [9.17, 15) is 8.78 Å². The molecule has 0 bridgehead atoms. The van der Waals surface area contributed by atoms with Crippen LogP contribution in [0.3, 0.4) is 0 Å². The number of hydrogen-bond acceptors (Lipinski definition) is 1. The van der Waals surface area contributed by atoms with Crippen molar-refractivity contribution in [3.8, 4) is 0 Å². The highest BCUT2D eigenvalue weighted by atomic mass is 19.1. The second kappa shape index (κ2) is 3.77. The molecule has 1 aromatic carbocycles. The number of rotatable bonds is 1. The topological polar surface area (TPSA) is 28.7 Å². The molecule has 1 N–H and O–H groups in total.